The van der Waals surface area contributed by atoms with E-state index in [0.717, 1.165) is 24.4 Å². The summed E-state index contributed by atoms with van der Waals surface area (Å²) < 4.78 is 1.94. The highest BCUT2D eigenvalue weighted by Gasteiger charge is 2.37. The van der Waals surface area contributed by atoms with Crippen molar-refractivity contribution in [3.8, 4) is 0 Å². The molecular formula is C17H28N4O. The van der Waals surface area contributed by atoms with E-state index in [1.807, 2.05) is 24.0 Å². The Morgan fingerprint density at radius 2 is 2.05 bits per heavy atom. The Balaban J connectivity index is 1.60. The van der Waals surface area contributed by atoms with Crippen LogP contribution in [-0.4, -0.2) is 33.3 Å². The molecule has 1 aliphatic carbocycles. The first-order valence-electron chi connectivity index (χ1n) is 8.67. The lowest BCUT2D eigenvalue weighted by atomic mass is 9.79. The van der Waals surface area contributed by atoms with Crippen LogP contribution in [0.1, 0.15) is 70.5 Å². The maximum Gasteiger partial charge on any atom is 0.318 e. The number of aromatic nitrogens is 2. The fraction of sp³-hybridized carbons (Fsp3) is 0.765. The Labute approximate surface area is 133 Å². The van der Waals surface area contributed by atoms with Gasteiger partial charge in [0.2, 0.25) is 0 Å². The predicted octanol–water partition coefficient (Wildman–Crippen LogP) is 3.50. The minimum absolute atomic E-state index is 0.00244. The Morgan fingerprint density at radius 3 is 2.64 bits per heavy atom. The molecule has 1 N–H and O–H groups in total. The van der Waals surface area contributed by atoms with Crippen molar-refractivity contribution in [2.24, 2.45) is 5.92 Å². The number of carbonyl (C=O) groups is 1. The highest BCUT2D eigenvalue weighted by atomic mass is 16.2. The van der Waals surface area contributed by atoms with Gasteiger partial charge < -0.3 is 10.2 Å². The second-order valence-corrected chi connectivity index (χ2v) is 7.11. The zero-order valence-corrected chi connectivity index (χ0v) is 14.0. The van der Waals surface area contributed by atoms with E-state index in [1.54, 1.807) is 0 Å². The van der Waals surface area contributed by atoms with Gasteiger partial charge >= 0.3 is 6.03 Å². The number of rotatable bonds is 4. The van der Waals surface area contributed by atoms with E-state index in [2.05, 4.69) is 29.2 Å². The summed E-state index contributed by atoms with van der Waals surface area (Å²) in [4.78, 5) is 14.7. The van der Waals surface area contributed by atoms with Crippen molar-refractivity contribution in [1.82, 2.24) is 20.0 Å². The average molecular weight is 304 g/mol. The maximum atomic E-state index is 12.6. The SMILES string of the molecule is CC(NC(=O)N1CCCC1C1CCC1)c1cnn(C(C)C)c1. The number of amides is 2. The quantitative estimate of drug-likeness (QED) is 0.925. The summed E-state index contributed by atoms with van der Waals surface area (Å²) in [7, 11) is 0. The zero-order chi connectivity index (χ0) is 15.7. The van der Waals surface area contributed by atoms with Crippen LogP contribution in [0.2, 0.25) is 0 Å². The van der Waals surface area contributed by atoms with Gasteiger partial charge in [0.05, 0.1) is 12.2 Å². The molecule has 3 rings (SSSR count). The van der Waals surface area contributed by atoms with Crippen molar-refractivity contribution >= 4 is 6.03 Å². The molecule has 5 heteroatoms. The van der Waals surface area contributed by atoms with Crippen LogP contribution in [0.3, 0.4) is 0 Å². The fourth-order valence-electron chi connectivity index (χ4n) is 3.57. The molecule has 2 amide bonds. The molecule has 2 aliphatic rings. The van der Waals surface area contributed by atoms with E-state index in [0.29, 0.717) is 12.1 Å². The Bertz CT molecular complexity index is 520. The van der Waals surface area contributed by atoms with Crippen LogP contribution < -0.4 is 5.32 Å². The molecule has 0 bridgehead atoms. The van der Waals surface area contributed by atoms with Crippen molar-refractivity contribution < 1.29 is 4.79 Å². The van der Waals surface area contributed by atoms with Crippen LogP contribution in [0, 0.1) is 5.92 Å². The van der Waals surface area contributed by atoms with Crippen LogP contribution in [0.4, 0.5) is 4.79 Å². The molecule has 2 atom stereocenters. The summed E-state index contributed by atoms with van der Waals surface area (Å²) in [5.41, 5.74) is 1.07. The monoisotopic (exact) mass is 304 g/mol. The van der Waals surface area contributed by atoms with Crippen LogP contribution in [0.25, 0.3) is 0 Å². The average Bonchev–Trinajstić information content (AvgIpc) is 3.05. The third-order valence-electron chi connectivity index (χ3n) is 5.24. The third-order valence-corrected chi connectivity index (χ3v) is 5.24. The van der Waals surface area contributed by atoms with Gasteiger partial charge in [0, 0.05) is 30.4 Å². The van der Waals surface area contributed by atoms with Gasteiger partial charge in [-0.3, -0.25) is 4.68 Å². The van der Waals surface area contributed by atoms with E-state index >= 15 is 0 Å². The standard InChI is InChI=1S/C17H28N4O/c1-12(2)21-11-15(10-18-21)13(3)19-17(22)20-9-5-8-16(20)14-6-4-7-14/h10-14,16H,4-9H2,1-3H3,(H,19,22). The molecule has 1 saturated heterocycles. The Kier molecular flexibility index (Phi) is 4.41. The Morgan fingerprint density at radius 1 is 1.27 bits per heavy atom. The normalized spacial score (nSPS) is 23.6. The first-order chi connectivity index (χ1) is 10.6. The number of carbonyl (C=O) groups excluding carboxylic acids is 1. The van der Waals surface area contributed by atoms with Crippen molar-refractivity contribution in [3.05, 3.63) is 18.0 Å². The van der Waals surface area contributed by atoms with E-state index in [9.17, 15) is 4.79 Å². The predicted molar refractivity (Wildman–Crippen MR) is 86.6 cm³/mol. The lowest BCUT2D eigenvalue weighted by Crippen LogP contribution is -2.47. The van der Waals surface area contributed by atoms with Gasteiger partial charge in [-0.1, -0.05) is 6.42 Å². The third kappa shape index (κ3) is 2.99. The van der Waals surface area contributed by atoms with Crippen molar-refractivity contribution in [1.29, 1.82) is 0 Å². The highest BCUT2D eigenvalue weighted by Crippen LogP contribution is 2.37. The second kappa shape index (κ2) is 6.31. The van der Waals surface area contributed by atoms with Gasteiger partial charge in [-0.15, -0.1) is 0 Å². The lowest BCUT2D eigenvalue weighted by Gasteiger charge is -2.37. The number of urea groups is 1. The van der Waals surface area contributed by atoms with Crippen LogP contribution in [0.5, 0.6) is 0 Å². The summed E-state index contributed by atoms with van der Waals surface area (Å²) in [6.45, 7) is 7.15. The van der Waals surface area contributed by atoms with E-state index in [1.165, 1.54) is 25.7 Å². The molecule has 122 valence electrons. The molecule has 1 aliphatic heterocycles. The smallest absolute Gasteiger partial charge is 0.318 e. The molecule has 1 aromatic rings. The van der Waals surface area contributed by atoms with Gasteiger partial charge in [-0.25, -0.2) is 4.79 Å². The van der Waals surface area contributed by atoms with E-state index in [-0.39, 0.29) is 12.1 Å². The molecule has 2 fully saturated rings. The zero-order valence-electron chi connectivity index (χ0n) is 14.0. The topological polar surface area (TPSA) is 50.2 Å². The summed E-state index contributed by atoms with van der Waals surface area (Å²) >= 11 is 0. The Hall–Kier alpha value is -1.52. The highest BCUT2D eigenvalue weighted by molar-refractivity contribution is 5.75. The number of nitrogens with one attached hydrogen (secondary N) is 1. The summed E-state index contributed by atoms with van der Waals surface area (Å²) in [6.07, 6.45) is 10.1. The van der Waals surface area contributed by atoms with Crippen LogP contribution in [-0.2, 0) is 0 Å². The molecule has 0 radical (unpaired) electrons. The van der Waals surface area contributed by atoms with Gasteiger partial charge in [-0.05, 0) is 52.4 Å². The number of hydrogen-bond acceptors (Lipinski definition) is 2. The first-order valence-corrected chi connectivity index (χ1v) is 8.67. The molecule has 1 aromatic heterocycles. The van der Waals surface area contributed by atoms with Crippen LogP contribution in [0.15, 0.2) is 12.4 Å². The minimum Gasteiger partial charge on any atom is -0.331 e. The minimum atomic E-state index is 0.00244. The summed E-state index contributed by atoms with van der Waals surface area (Å²) in [6, 6.07) is 0.916. The molecule has 2 heterocycles. The van der Waals surface area contributed by atoms with Crippen LogP contribution >= 0.6 is 0 Å². The van der Waals surface area contributed by atoms with Crippen molar-refractivity contribution in [2.45, 2.75) is 71.0 Å². The van der Waals surface area contributed by atoms with Crippen molar-refractivity contribution in [3.63, 3.8) is 0 Å². The van der Waals surface area contributed by atoms with E-state index < -0.39 is 0 Å². The maximum absolute atomic E-state index is 12.6. The molecule has 1 saturated carbocycles. The molecule has 22 heavy (non-hydrogen) atoms. The van der Waals surface area contributed by atoms with E-state index in [4.69, 9.17) is 0 Å². The molecule has 0 spiro atoms. The fourth-order valence-corrected chi connectivity index (χ4v) is 3.57. The second-order valence-electron chi connectivity index (χ2n) is 7.11. The number of likely N-dealkylation sites (tertiary alicyclic amines) is 1. The van der Waals surface area contributed by atoms with Crippen molar-refractivity contribution in [2.75, 3.05) is 6.54 Å². The summed E-state index contributed by atoms with van der Waals surface area (Å²) in [5.74, 6) is 0.743. The first kappa shape index (κ1) is 15.4. The number of hydrogen-bond donors (Lipinski definition) is 1. The molecule has 5 nitrogen and oxygen atoms in total. The van der Waals surface area contributed by atoms with Gasteiger partial charge in [-0.2, -0.15) is 5.10 Å². The largest absolute Gasteiger partial charge is 0.331 e. The molecule has 2 unspecified atom stereocenters. The van der Waals surface area contributed by atoms with Gasteiger partial charge in [0.25, 0.3) is 0 Å². The van der Waals surface area contributed by atoms with Gasteiger partial charge in [0.1, 0.15) is 0 Å². The lowest BCUT2D eigenvalue weighted by molar-refractivity contribution is 0.137. The van der Waals surface area contributed by atoms with Gasteiger partial charge in [0.15, 0.2) is 0 Å². The molecule has 0 aromatic carbocycles. The molecular weight excluding hydrogens is 276 g/mol. The number of nitrogens with zero attached hydrogens (tertiary/aromatic N) is 3. The summed E-state index contributed by atoms with van der Waals surface area (Å²) in [5, 5.41) is 7.52.